The van der Waals surface area contributed by atoms with E-state index in [9.17, 15) is 14.7 Å². The van der Waals surface area contributed by atoms with Crippen molar-refractivity contribution < 1.29 is 9.90 Å². The third-order valence-corrected chi connectivity index (χ3v) is 3.76. The first-order valence-electron chi connectivity index (χ1n) is 6.77. The lowest BCUT2D eigenvalue weighted by Crippen LogP contribution is -2.27. The van der Waals surface area contributed by atoms with Crippen LogP contribution in [0.5, 0.6) is 0 Å². The average Bonchev–Trinajstić information content (AvgIpc) is 2.45. The molecular formula is C16H16BrNO3. The maximum Gasteiger partial charge on any atom is 0.341 e. The van der Waals surface area contributed by atoms with Crippen molar-refractivity contribution in [1.82, 2.24) is 4.57 Å². The number of carbonyl (C=O) groups is 1. The van der Waals surface area contributed by atoms with E-state index < -0.39 is 11.5 Å². The number of halogens is 1. The van der Waals surface area contributed by atoms with Crippen molar-refractivity contribution in [3.05, 3.63) is 56.9 Å². The van der Waals surface area contributed by atoms with Crippen LogP contribution < -0.4 is 5.56 Å². The number of unbranched alkanes of at least 4 members (excludes halogenated alkanes) is 1. The Morgan fingerprint density at radius 1 is 1.33 bits per heavy atom. The Balaban J connectivity index is 2.60. The van der Waals surface area contributed by atoms with Gasteiger partial charge in [-0.05, 0) is 30.2 Å². The lowest BCUT2D eigenvalue weighted by Gasteiger charge is -2.11. The summed E-state index contributed by atoms with van der Waals surface area (Å²) in [4.78, 5) is 23.9. The van der Waals surface area contributed by atoms with E-state index in [4.69, 9.17) is 0 Å². The quantitative estimate of drug-likeness (QED) is 0.893. The monoisotopic (exact) mass is 349 g/mol. The largest absolute Gasteiger partial charge is 0.477 e. The van der Waals surface area contributed by atoms with Crippen molar-refractivity contribution in [3.63, 3.8) is 0 Å². The molecule has 0 radical (unpaired) electrons. The molecule has 0 unspecified atom stereocenters. The lowest BCUT2D eigenvalue weighted by molar-refractivity contribution is 0.0695. The highest BCUT2D eigenvalue weighted by Gasteiger charge is 2.18. The maximum atomic E-state index is 12.4. The highest BCUT2D eigenvalue weighted by molar-refractivity contribution is 9.10. The van der Waals surface area contributed by atoms with Crippen LogP contribution in [0.4, 0.5) is 0 Å². The Morgan fingerprint density at radius 2 is 2.10 bits per heavy atom. The van der Waals surface area contributed by atoms with Crippen LogP contribution in [0.2, 0.25) is 0 Å². The molecule has 4 nitrogen and oxygen atoms in total. The second-order valence-electron chi connectivity index (χ2n) is 4.77. The molecular weight excluding hydrogens is 334 g/mol. The summed E-state index contributed by atoms with van der Waals surface area (Å²) in [5.41, 5.74) is 0.531. The van der Waals surface area contributed by atoms with Crippen LogP contribution in [0.25, 0.3) is 11.1 Å². The topological polar surface area (TPSA) is 59.3 Å². The van der Waals surface area contributed by atoms with E-state index in [1.54, 1.807) is 24.4 Å². The molecule has 1 N–H and O–H groups in total. The van der Waals surface area contributed by atoms with Crippen LogP contribution in [-0.2, 0) is 6.54 Å². The number of benzene rings is 1. The van der Waals surface area contributed by atoms with E-state index in [1.165, 1.54) is 4.57 Å². The minimum Gasteiger partial charge on any atom is -0.477 e. The molecule has 5 heteroatoms. The number of aryl methyl sites for hydroxylation is 1. The van der Waals surface area contributed by atoms with Crippen molar-refractivity contribution in [2.24, 2.45) is 0 Å². The summed E-state index contributed by atoms with van der Waals surface area (Å²) in [5, 5.41) is 9.40. The number of hydrogen-bond donors (Lipinski definition) is 1. The minimum absolute atomic E-state index is 0.174. The van der Waals surface area contributed by atoms with E-state index in [2.05, 4.69) is 15.9 Å². The van der Waals surface area contributed by atoms with Crippen molar-refractivity contribution >= 4 is 21.9 Å². The van der Waals surface area contributed by atoms with Gasteiger partial charge in [0.15, 0.2) is 0 Å². The van der Waals surface area contributed by atoms with Gasteiger partial charge >= 0.3 is 5.97 Å². The summed E-state index contributed by atoms with van der Waals surface area (Å²) in [5.74, 6) is -1.19. The van der Waals surface area contributed by atoms with Gasteiger partial charge in [0.25, 0.3) is 5.56 Å². The molecule has 0 amide bonds. The molecule has 21 heavy (non-hydrogen) atoms. The summed E-state index contributed by atoms with van der Waals surface area (Å²) in [6.07, 6.45) is 3.46. The Morgan fingerprint density at radius 3 is 2.71 bits per heavy atom. The van der Waals surface area contributed by atoms with Gasteiger partial charge < -0.3 is 9.67 Å². The van der Waals surface area contributed by atoms with E-state index >= 15 is 0 Å². The number of carboxylic acids is 1. The van der Waals surface area contributed by atoms with Gasteiger partial charge in [-0.25, -0.2) is 4.79 Å². The van der Waals surface area contributed by atoms with Gasteiger partial charge in [0.1, 0.15) is 5.56 Å². The molecule has 0 bridgehead atoms. The van der Waals surface area contributed by atoms with Gasteiger partial charge in [-0.1, -0.05) is 41.4 Å². The zero-order chi connectivity index (χ0) is 15.4. The number of hydrogen-bond acceptors (Lipinski definition) is 2. The number of carboxylic acid groups (broad SMARTS) is 1. The second-order valence-corrected chi connectivity index (χ2v) is 5.69. The Hall–Kier alpha value is -1.88. The first-order valence-corrected chi connectivity index (χ1v) is 7.56. The smallest absolute Gasteiger partial charge is 0.341 e. The van der Waals surface area contributed by atoms with E-state index in [0.29, 0.717) is 17.7 Å². The predicted molar refractivity (Wildman–Crippen MR) is 85.7 cm³/mol. The Labute approximate surface area is 131 Å². The number of aromatic nitrogens is 1. The maximum absolute atomic E-state index is 12.4. The molecule has 0 atom stereocenters. The molecule has 1 heterocycles. The SMILES string of the molecule is CCCCn1ccc(-c2cccc(Br)c2)c(C(=O)O)c1=O. The first kappa shape index (κ1) is 15.5. The molecule has 0 saturated heterocycles. The van der Waals surface area contributed by atoms with Gasteiger partial charge in [0.2, 0.25) is 0 Å². The molecule has 1 aromatic carbocycles. The van der Waals surface area contributed by atoms with Crippen molar-refractivity contribution in [1.29, 1.82) is 0 Å². The number of pyridine rings is 1. The predicted octanol–water partition coefficient (Wildman–Crippen LogP) is 3.78. The van der Waals surface area contributed by atoms with E-state index in [1.807, 2.05) is 19.1 Å². The van der Waals surface area contributed by atoms with Crippen molar-refractivity contribution in [3.8, 4) is 11.1 Å². The van der Waals surface area contributed by atoms with Crippen LogP contribution in [0, 0.1) is 0 Å². The minimum atomic E-state index is -1.19. The zero-order valence-electron chi connectivity index (χ0n) is 11.7. The second kappa shape index (κ2) is 6.72. The van der Waals surface area contributed by atoms with Crippen molar-refractivity contribution in [2.45, 2.75) is 26.3 Å². The molecule has 0 aliphatic rings. The van der Waals surface area contributed by atoms with Crippen LogP contribution >= 0.6 is 15.9 Å². The Kier molecular flexibility index (Phi) is 4.96. The van der Waals surface area contributed by atoms with Crippen LogP contribution in [0.15, 0.2) is 45.8 Å². The fourth-order valence-electron chi connectivity index (χ4n) is 2.18. The highest BCUT2D eigenvalue weighted by Crippen LogP contribution is 2.24. The van der Waals surface area contributed by atoms with E-state index in [0.717, 1.165) is 17.3 Å². The standard InChI is InChI=1S/C16H16BrNO3/c1-2-3-8-18-9-7-13(14(15(18)19)16(20)21)11-5-4-6-12(17)10-11/h4-7,9-10H,2-3,8H2,1H3,(H,20,21). The van der Waals surface area contributed by atoms with Crippen molar-refractivity contribution in [2.75, 3.05) is 0 Å². The van der Waals surface area contributed by atoms with Gasteiger partial charge in [-0.3, -0.25) is 4.79 Å². The van der Waals surface area contributed by atoms with Crippen LogP contribution in [0.1, 0.15) is 30.1 Å². The molecule has 0 saturated carbocycles. The molecule has 0 aliphatic heterocycles. The fraction of sp³-hybridized carbons (Fsp3) is 0.250. The number of rotatable bonds is 5. The normalized spacial score (nSPS) is 10.6. The van der Waals surface area contributed by atoms with Gasteiger partial charge in [-0.15, -0.1) is 0 Å². The van der Waals surface area contributed by atoms with E-state index in [-0.39, 0.29) is 5.56 Å². The molecule has 2 rings (SSSR count). The Bertz CT molecular complexity index is 722. The lowest BCUT2D eigenvalue weighted by atomic mass is 10.0. The van der Waals surface area contributed by atoms with Gasteiger partial charge in [0, 0.05) is 22.8 Å². The van der Waals surface area contributed by atoms with Gasteiger partial charge in [0.05, 0.1) is 0 Å². The molecule has 1 aromatic heterocycles. The first-order chi connectivity index (χ1) is 10.0. The summed E-state index contributed by atoms with van der Waals surface area (Å²) >= 11 is 3.36. The number of aromatic carboxylic acids is 1. The molecule has 0 spiro atoms. The zero-order valence-corrected chi connectivity index (χ0v) is 13.3. The average molecular weight is 350 g/mol. The third-order valence-electron chi connectivity index (χ3n) is 3.27. The molecule has 0 fully saturated rings. The van der Waals surface area contributed by atoms with Crippen LogP contribution in [0.3, 0.4) is 0 Å². The number of nitrogens with zero attached hydrogens (tertiary/aromatic N) is 1. The highest BCUT2D eigenvalue weighted by atomic mass is 79.9. The molecule has 110 valence electrons. The third kappa shape index (κ3) is 3.42. The summed E-state index contributed by atoms with van der Waals surface area (Å²) in [6, 6.07) is 8.96. The molecule has 0 aliphatic carbocycles. The summed E-state index contributed by atoms with van der Waals surface area (Å²) in [7, 11) is 0. The summed E-state index contributed by atoms with van der Waals surface area (Å²) < 4.78 is 2.31. The fourth-order valence-corrected chi connectivity index (χ4v) is 2.58. The van der Waals surface area contributed by atoms with Gasteiger partial charge in [-0.2, -0.15) is 0 Å². The van der Waals surface area contributed by atoms with Crippen LogP contribution in [-0.4, -0.2) is 15.6 Å². The molecule has 2 aromatic rings. The summed E-state index contributed by atoms with van der Waals surface area (Å²) in [6.45, 7) is 2.56.